The molecule has 5 nitrogen and oxygen atoms in total. The summed E-state index contributed by atoms with van der Waals surface area (Å²) in [5.41, 5.74) is 2.26. The van der Waals surface area contributed by atoms with Crippen LogP contribution in [0.3, 0.4) is 0 Å². The SMILES string of the molecule is CC(C)Cc1cc(C(=O)N(C)C(C)c2cc3ccccc3o2)n[nH]1. The Bertz CT molecular complexity index is 814. The summed E-state index contributed by atoms with van der Waals surface area (Å²) >= 11 is 0. The summed E-state index contributed by atoms with van der Waals surface area (Å²) in [6, 6.07) is 11.5. The molecule has 0 saturated carbocycles. The molecule has 1 unspecified atom stereocenters. The Morgan fingerprint density at radius 3 is 2.71 bits per heavy atom. The Morgan fingerprint density at radius 1 is 1.25 bits per heavy atom. The van der Waals surface area contributed by atoms with Crippen molar-refractivity contribution in [3.05, 3.63) is 53.5 Å². The molecule has 2 aromatic heterocycles. The number of H-pyrrole nitrogens is 1. The van der Waals surface area contributed by atoms with Gasteiger partial charge < -0.3 is 9.32 Å². The molecule has 1 amide bonds. The number of hydrogen-bond donors (Lipinski definition) is 1. The molecule has 3 rings (SSSR count). The van der Waals surface area contributed by atoms with E-state index in [1.54, 1.807) is 11.9 Å². The third kappa shape index (κ3) is 3.20. The van der Waals surface area contributed by atoms with E-state index in [1.807, 2.05) is 43.3 Å². The van der Waals surface area contributed by atoms with E-state index >= 15 is 0 Å². The molecule has 0 fully saturated rings. The fraction of sp³-hybridized carbons (Fsp3) is 0.368. The Labute approximate surface area is 141 Å². The third-order valence-corrected chi connectivity index (χ3v) is 4.24. The molecule has 0 saturated heterocycles. The third-order valence-electron chi connectivity index (χ3n) is 4.24. The van der Waals surface area contributed by atoms with Gasteiger partial charge >= 0.3 is 0 Å². The normalized spacial score (nSPS) is 12.7. The highest BCUT2D eigenvalue weighted by Gasteiger charge is 2.23. The highest BCUT2D eigenvalue weighted by molar-refractivity contribution is 5.92. The van der Waals surface area contributed by atoms with Gasteiger partial charge in [0.1, 0.15) is 17.0 Å². The van der Waals surface area contributed by atoms with Crippen molar-refractivity contribution in [1.82, 2.24) is 15.1 Å². The van der Waals surface area contributed by atoms with Crippen LogP contribution in [-0.4, -0.2) is 28.1 Å². The van der Waals surface area contributed by atoms with Crippen LogP contribution in [0.5, 0.6) is 0 Å². The first kappa shape index (κ1) is 16.3. The van der Waals surface area contributed by atoms with Gasteiger partial charge in [-0.1, -0.05) is 32.0 Å². The van der Waals surface area contributed by atoms with Gasteiger partial charge in [-0.15, -0.1) is 0 Å². The molecular formula is C19H23N3O2. The number of carbonyl (C=O) groups is 1. The zero-order chi connectivity index (χ0) is 17.3. The van der Waals surface area contributed by atoms with Crippen molar-refractivity contribution in [2.75, 3.05) is 7.05 Å². The van der Waals surface area contributed by atoms with Gasteiger partial charge in [0.2, 0.25) is 0 Å². The summed E-state index contributed by atoms with van der Waals surface area (Å²) in [4.78, 5) is 14.3. The van der Waals surface area contributed by atoms with Gasteiger partial charge in [0.25, 0.3) is 5.91 Å². The number of aromatic nitrogens is 2. The van der Waals surface area contributed by atoms with E-state index in [2.05, 4.69) is 24.0 Å². The van der Waals surface area contributed by atoms with E-state index in [0.29, 0.717) is 11.6 Å². The summed E-state index contributed by atoms with van der Waals surface area (Å²) in [6.07, 6.45) is 0.878. The molecule has 0 aliphatic carbocycles. The van der Waals surface area contributed by atoms with Crippen molar-refractivity contribution in [1.29, 1.82) is 0 Å². The second-order valence-corrected chi connectivity index (χ2v) is 6.66. The fourth-order valence-electron chi connectivity index (χ4n) is 2.77. The molecular weight excluding hydrogens is 302 g/mol. The van der Waals surface area contributed by atoms with Gasteiger partial charge in [-0.05, 0) is 37.5 Å². The lowest BCUT2D eigenvalue weighted by atomic mass is 10.1. The summed E-state index contributed by atoms with van der Waals surface area (Å²) in [7, 11) is 1.77. The molecule has 0 aliphatic rings. The number of amides is 1. The van der Waals surface area contributed by atoms with Crippen LogP contribution in [0.2, 0.25) is 0 Å². The van der Waals surface area contributed by atoms with E-state index < -0.39 is 0 Å². The standard InChI is InChI=1S/C19H23N3O2/c1-12(2)9-15-11-16(21-20-15)19(23)22(4)13(3)18-10-14-7-5-6-8-17(14)24-18/h5-8,10-13H,9H2,1-4H3,(H,20,21). The number of hydrogen-bond acceptors (Lipinski definition) is 3. The quantitative estimate of drug-likeness (QED) is 0.765. The van der Waals surface area contributed by atoms with Gasteiger partial charge in [-0.25, -0.2) is 0 Å². The second kappa shape index (κ2) is 6.51. The highest BCUT2D eigenvalue weighted by atomic mass is 16.3. The van der Waals surface area contributed by atoms with Gasteiger partial charge in [-0.3, -0.25) is 9.89 Å². The second-order valence-electron chi connectivity index (χ2n) is 6.66. The smallest absolute Gasteiger partial charge is 0.274 e. The van der Waals surface area contributed by atoms with Crippen molar-refractivity contribution >= 4 is 16.9 Å². The Morgan fingerprint density at radius 2 is 2.00 bits per heavy atom. The van der Waals surface area contributed by atoms with Crippen LogP contribution < -0.4 is 0 Å². The largest absolute Gasteiger partial charge is 0.459 e. The predicted octanol–water partition coefficient (Wildman–Crippen LogP) is 4.19. The molecule has 1 N–H and O–H groups in total. The molecule has 0 radical (unpaired) electrons. The minimum absolute atomic E-state index is 0.116. The summed E-state index contributed by atoms with van der Waals surface area (Å²) in [6.45, 7) is 6.23. The van der Waals surface area contributed by atoms with Crippen molar-refractivity contribution in [3.8, 4) is 0 Å². The number of furan rings is 1. The minimum atomic E-state index is -0.171. The molecule has 24 heavy (non-hydrogen) atoms. The number of aromatic amines is 1. The topological polar surface area (TPSA) is 62.1 Å². The molecule has 0 spiro atoms. The number of para-hydroxylation sites is 1. The lowest BCUT2D eigenvalue weighted by Crippen LogP contribution is -2.29. The van der Waals surface area contributed by atoms with Gasteiger partial charge in [0.05, 0.1) is 6.04 Å². The maximum Gasteiger partial charge on any atom is 0.274 e. The molecule has 3 aromatic rings. The number of fused-ring (bicyclic) bond motifs is 1. The Hall–Kier alpha value is -2.56. The van der Waals surface area contributed by atoms with Crippen LogP contribution in [0.15, 0.2) is 40.8 Å². The van der Waals surface area contributed by atoms with Crippen LogP contribution >= 0.6 is 0 Å². The van der Waals surface area contributed by atoms with Crippen LogP contribution in [0.1, 0.15) is 48.8 Å². The molecule has 2 heterocycles. The van der Waals surface area contributed by atoms with E-state index in [0.717, 1.165) is 28.8 Å². The van der Waals surface area contributed by atoms with E-state index in [-0.39, 0.29) is 11.9 Å². The van der Waals surface area contributed by atoms with Crippen LogP contribution in [0, 0.1) is 5.92 Å². The predicted molar refractivity (Wildman–Crippen MR) is 93.9 cm³/mol. The fourth-order valence-corrected chi connectivity index (χ4v) is 2.77. The molecule has 5 heteroatoms. The molecule has 1 atom stereocenters. The zero-order valence-corrected chi connectivity index (χ0v) is 14.5. The Balaban J connectivity index is 1.78. The summed E-state index contributed by atoms with van der Waals surface area (Å²) < 4.78 is 5.87. The summed E-state index contributed by atoms with van der Waals surface area (Å²) in [5, 5.41) is 8.16. The zero-order valence-electron chi connectivity index (χ0n) is 14.5. The average Bonchev–Trinajstić information content (AvgIpc) is 3.18. The highest BCUT2D eigenvalue weighted by Crippen LogP contribution is 2.27. The number of carbonyl (C=O) groups excluding carboxylic acids is 1. The lowest BCUT2D eigenvalue weighted by Gasteiger charge is -2.22. The van der Waals surface area contributed by atoms with Gasteiger partial charge in [0, 0.05) is 18.1 Å². The molecule has 126 valence electrons. The molecule has 0 aliphatic heterocycles. The first-order chi connectivity index (χ1) is 11.5. The minimum Gasteiger partial charge on any atom is -0.459 e. The van der Waals surface area contributed by atoms with E-state index in [1.165, 1.54) is 0 Å². The molecule has 0 bridgehead atoms. The van der Waals surface area contributed by atoms with Crippen molar-refractivity contribution in [3.63, 3.8) is 0 Å². The van der Waals surface area contributed by atoms with Crippen LogP contribution in [0.25, 0.3) is 11.0 Å². The van der Waals surface area contributed by atoms with E-state index in [9.17, 15) is 4.79 Å². The molecule has 1 aromatic carbocycles. The van der Waals surface area contributed by atoms with Crippen LogP contribution in [-0.2, 0) is 6.42 Å². The van der Waals surface area contributed by atoms with Gasteiger partial charge in [0.15, 0.2) is 0 Å². The van der Waals surface area contributed by atoms with Crippen molar-refractivity contribution < 1.29 is 9.21 Å². The average molecular weight is 325 g/mol. The number of nitrogens with zero attached hydrogens (tertiary/aromatic N) is 2. The maximum absolute atomic E-state index is 12.7. The van der Waals surface area contributed by atoms with Crippen molar-refractivity contribution in [2.24, 2.45) is 5.92 Å². The van der Waals surface area contributed by atoms with E-state index in [4.69, 9.17) is 4.42 Å². The maximum atomic E-state index is 12.7. The van der Waals surface area contributed by atoms with Crippen LogP contribution in [0.4, 0.5) is 0 Å². The number of rotatable bonds is 5. The number of nitrogens with one attached hydrogen (secondary N) is 1. The number of benzene rings is 1. The van der Waals surface area contributed by atoms with Crippen molar-refractivity contribution in [2.45, 2.75) is 33.2 Å². The first-order valence-electron chi connectivity index (χ1n) is 8.25. The lowest BCUT2D eigenvalue weighted by molar-refractivity contribution is 0.0721. The first-order valence-corrected chi connectivity index (χ1v) is 8.25. The monoisotopic (exact) mass is 325 g/mol. The summed E-state index contributed by atoms with van der Waals surface area (Å²) in [5.74, 6) is 1.17. The Kier molecular flexibility index (Phi) is 4.42. The van der Waals surface area contributed by atoms with Gasteiger partial charge in [-0.2, -0.15) is 5.10 Å².